The van der Waals surface area contributed by atoms with Gasteiger partial charge in [-0.25, -0.2) is 0 Å². The molecule has 0 saturated heterocycles. The summed E-state index contributed by atoms with van der Waals surface area (Å²) in [6.45, 7) is 0.745. The van der Waals surface area contributed by atoms with Gasteiger partial charge < -0.3 is 5.32 Å². The number of nitrogens with one attached hydrogen (secondary N) is 1. The lowest BCUT2D eigenvalue weighted by Crippen LogP contribution is -2.13. The molecule has 19 heavy (non-hydrogen) atoms. The maximum Gasteiger partial charge on any atom is 0.293 e. The molecule has 1 aromatic carbocycles. The van der Waals surface area contributed by atoms with Crippen molar-refractivity contribution in [3.05, 3.63) is 33.3 Å². The quantitative estimate of drug-likeness (QED) is 0.633. The Morgan fingerprint density at radius 1 is 1.32 bits per heavy atom. The van der Waals surface area contributed by atoms with E-state index in [0.717, 1.165) is 18.9 Å². The molecule has 0 spiro atoms. The van der Waals surface area contributed by atoms with E-state index in [2.05, 4.69) is 5.32 Å². The fraction of sp³-hybridized carbons (Fsp3) is 0.571. The third-order valence-corrected chi connectivity index (χ3v) is 4.08. The summed E-state index contributed by atoms with van der Waals surface area (Å²) >= 11 is 6.03. The lowest BCUT2D eigenvalue weighted by atomic mass is 9.87. The smallest absolute Gasteiger partial charge is 0.293 e. The minimum Gasteiger partial charge on any atom is -0.378 e. The first-order chi connectivity index (χ1) is 9.18. The molecular weight excluding hydrogens is 264 g/mol. The standard InChI is InChI=1S/C14H19ClN2O2/c15-12-7-4-8-13(17(18)19)14(12)16-10-9-11-5-2-1-3-6-11/h4,7-8,11,16H,1-3,5-6,9-10H2. The second kappa shape index (κ2) is 6.75. The van der Waals surface area contributed by atoms with E-state index in [1.54, 1.807) is 12.1 Å². The predicted octanol–water partition coefficient (Wildman–Crippen LogP) is 4.63. The van der Waals surface area contributed by atoms with Crippen molar-refractivity contribution in [2.45, 2.75) is 38.5 Å². The van der Waals surface area contributed by atoms with Crippen molar-refractivity contribution in [2.75, 3.05) is 11.9 Å². The lowest BCUT2D eigenvalue weighted by Gasteiger charge is -2.21. The average molecular weight is 283 g/mol. The number of nitro benzene ring substituents is 1. The van der Waals surface area contributed by atoms with Crippen LogP contribution in [0.15, 0.2) is 18.2 Å². The number of para-hydroxylation sites is 1. The molecule has 104 valence electrons. The Morgan fingerprint density at radius 3 is 2.74 bits per heavy atom. The van der Waals surface area contributed by atoms with Crippen molar-refractivity contribution in [3.8, 4) is 0 Å². The van der Waals surface area contributed by atoms with Crippen LogP contribution in [0.2, 0.25) is 5.02 Å². The fourth-order valence-corrected chi connectivity index (χ4v) is 2.95. The summed E-state index contributed by atoms with van der Waals surface area (Å²) in [5, 5.41) is 14.5. The second-order valence-electron chi connectivity index (χ2n) is 5.11. The van der Waals surface area contributed by atoms with Gasteiger partial charge >= 0.3 is 0 Å². The monoisotopic (exact) mass is 282 g/mol. The number of hydrogen-bond donors (Lipinski definition) is 1. The zero-order chi connectivity index (χ0) is 13.7. The molecular formula is C14H19ClN2O2. The highest BCUT2D eigenvalue weighted by molar-refractivity contribution is 6.33. The van der Waals surface area contributed by atoms with E-state index >= 15 is 0 Å². The molecule has 4 nitrogen and oxygen atoms in total. The number of anilines is 1. The van der Waals surface area contributed by atoms with Crippen LogP contribution in [-0.2, 0) is 0 Å². The summed E-state index contributed by atoms with van der Waals surface area (Å²) in [6.07, 6.45) is 7.61. The Morgan fingerprint density at radius 2 is 2.05 bits per heavy atom. The molecule has 0 aromatic heterocycles. The summed E-state index contributed by atoms with van der Waals surface area (Å²) in [5.74, 6) is 0.753. The number of nitro groups is 1. The number of benzene rings is 1. The first kappa shape index (κ1) is 14.1. The van der Waals surface area contributed by atoms with Gasteiger partial charge in [-0.05, 0) is 18.4 Å². The highest BCUT2D eigenvalue weighted by Gasteiger charge is 2.17. The van der Waals surface area contributed by atoms with Gasteiger partial charge in [0.1, 0.15) is 5.69 Å². The zero-order valence-electron chi connectivity index (χ0n) is 10.9. The summed E-state index contributed by atoms with van der Waals surface area (Å²) in [7, 11) is 0. The van der Waals surface area contributed by atoms with Crippen LogP contribution < -0.4 is 5.32 Å². The first-order valence-corrected chi connectivity index (χ1v) is 7.23. The topological polar surface area (TPSA) is 55.2 Å². The molecule has 1 N–H and O–H groups in total. The number of nitrogens with zero attached hydrogens (tertiary/aromatic N) is 1. The largest absolute Gasteiger partial charge is 0.378 e. The van der Waals surface area contributed by atoms with E-state index in [1.807, 2.05) is 0 Å². The van der Waals surface area contributed by atoms with E-state index in [0.29, 0.717) is 10.7 Å². The van der Waals surface area contributed by atoms with Crippen molar-refractivity contribution in [2.24, 2.45) is 5.92 Å². The molecule has 0 atom stereocenters. The van der Waals surface area contributed by atoms with Crippen molar-refractivity contribution < 1.29 is 4.92 Å². The Labute approximate surface area is 118 Å². The molecule has 1 saturated carbocycles. The molecule has 1 fully saturated rings. The normalized spacial score (nSPS) is 16.3. The van der Waals surface area contributed by atoms with Crippen molar-refractivity contribution in [3.63, 3.8) is 0 Å². The maximum absolute atomic E-state index is 10.9. The SMILES string of the molecule is O=[N+]([O-])c1cccc(Cl)c1NCCC1CCCCC1. The van der Waals surface area contributed by atoms with Crippen molar-refractivity contribution >= 4 is 23.0 Å². The molecule has 1 aromatic rings. The lowest BCUT2D eigenvalue weighted by molar-refractivity contribution is -0.383. The van der Waals surface area contributed by atoms with Gasteiger partial charge in [-0.1, -0.05) is 49.8 Å². The van der Waals surface area contributed by atoms with Crippen molar-refractivity contribution in [1.82, 2.24) is 0 Å². The third kappa shape index (κ3) is 3.83. The second-order valence-corrected chi connectivity index (χ2v) is 5.52. The van der Waals surface area contributed by atoms with E-state index in [-0.39, 0.29) is 5.69 Å². The van der Waals surface area contributed by atoms with Gasteiger partial charge in [0.05, 0.1) is 9.95 Å². The van der Waals surface area contributed by atoms with Gasteiger partial charge in [0.15, 0.2) is 0 Å². The average Bonchev–Trinajstić information content (AvgIpc) is 2.41. The molecule has 0 amide bonds. The van der Waals surface area contributed by atoms with E-state index < -0.39 is 4.92 Å². The molecule has 1 aliphatic carbocycles. The maximum atomic E-state index is 10.9. The molecule has 0 heterocycles. The van der Waals surface area contributed by atoms with Crippen LogP contribution >= 0.6 is 11.6 Å². The Balaban J connectivity index is 1.93. The van der Waals surface area contributed by atoms with Gasteiger partial charge in [0, 0.05) is 12.6 Å². The van der Waals surface area contributed by atoms with Crippen LogP contribution in [0.1, 0.15) is 38.5 Å². The zero-order valence-corrected chi connectivity index (χ0v) is 11.7. The van der Waals surface area contributed by atoms with Crippen LogP contribution in [0.25, 0.3) is 0 Å². The highest BCUT2D eigenvalue weighted by Crippen LogP contribution is 2.32. The molecule has 0 bridgehead atoms. The molecule has 0 radical (unpaired) electrons. The van der Waals surface area contributed by atoms with Crippen LogP contribution in [0.4, 0.5) is 11.4 Å². The van der Waals surface area contributed by atoms with E-state index in [4.69, 9.17) is 11.6 Å². The summed E-state index contributed by atoms with van der Waals surface area (Å²) < 4.78 is 0. The van der Waals surface area contributed by atoms with Crippen LogP contribution in [0.5, 0.6) is 0 Å². The predicted molar refractivity (Wildman–Crippen MR) is 77.8 cm³/mol. The van der Waals surface area contributed by atoms with Crippen LogP contribution in [0, 0.1) is 16.0 Å². The molecule has 1 aliphatic rings. The number of halogens is 1. The number of rotatable bonds is 5. The van der Waals surface area contributed by atoms with Gasteiger partial charge in [0.25, 0.3) is 5.69 Å². The molecule has 0 aliphatic heterocycles. The first-order valence-electron chi connectivity index (χ1n) is 6.85. The minimum atomic E-state index is -0.394. The van der Waals surface area contributed by atoms with E-state index in [9.17, 15) is 10.1 Å². The van der Waals surface area contributed by atoms with Gasteiger partial charge in [-0.2, -0.15) is 0 Å². The Hall–Kier alpha value is -1.29. The minimum absolute atomic E-state index is 0.0520. The molecule has 0 unspecified atom stereocenters. The van der Waals surface area contributed by atoms with Gasteiger partial charge in [-0.15, -0.1) is 0 Å². The van der Waals surface area contributed by atoms with Crippen LogP contribution in [0.3, 0.4) is 0 Å². The highest BCUT2D eigenvalue weighted by atomic mass is 35.5. The Bertz CT molecular complexity index is 445. The fourth-order valence-electron chi connectivity index (χ4n) is 2.72. The third-order valence-electron chi connectivity index (χ3n) is 3.77. The Kier molecular flexibility index (Phi) is 5.02. The van der Waals surface area contributed by atoms with Gasteiger partial charge in [-0.3, -0.25) is 10.1 Å². The molecule has 5 heteroatoms. The van der Waals surface area contributed by atoms with Gasteiger partial charge in [0.2, 0.25) is 0 Å². The number of hydrogen-bond acceptors (Lipinski definition) is 3. The van der Waals surface area contributed by atoms with E-state index in [1.165, 1.54) is 38.2 Å². The summed E-state index contributed by atoms with van der Waals surface area (Å²) in [6, 6.07) is 4.76. The van der Waals surface area contributed by atoms with Crippen molar-refractivity contribution in [1.29, 1.82) is 0 Å². The summed E-state index contributed by atoms with van der Waals surface area (Å²) in [4.78, 5) is 10.6. The van der Waals surface area contributed by atoms with Crippen LogP contribution in [-0.4, -0.2) is 11.5 Å². The molecule has 2 rings (SSSR count). The summed E-state index contributed by atoms with van der Waals surface area (Å²) in [5.41, 5.74) is 0.501.